The third-order valence-electron chi connectivity index (χ3n) is 3.55. The quantitative estimate of drug-likeness (QED) is 0.453. The molecule has 0 saturated heterocycles. The highest BCUT2D eigenvalue weighted by Crippen LogP contribution is 2.52. The lowest BCUT2D eigenvalue weighted by atomic mass is 9.66. The van der Waals surface area contributed by atoms with Crippen molar-refractivity contribution in [1.82, 2.24) is 0 Å². The topological polar surface area (TPSA) is 43.4 Å². The number of hydrogen-bond acceptors (Lipinski definition) is 3. The zero-order valence-corrected chi connectivity index (χ0v) is 7.84. The van der Waals surface area contributed by atoms with Gasteiger partial charge in [-0.05, 0) is 25.7 Å². The van der Waals surface area contributed by atoms with Gasteiger partial charge in [-0.2, -0.15) is 0 Å². The zero-order valence-electron chi connectivity index (χ0n) is 7.84. The molecule has 2 saturated carbocycles. The average Bonchev–Trinajstić information content (AvgIpc) is 2.41. The maximum atomic E-state index is 11.8. The van der Waals surface area contributed by atoms with Gasteiger partial charge >= 0.3 is 5.97 Å². The lowest BCUT2D eigenvalue weighted by Gasteiger charge is -2.36. The van der Waals surface area contributed by atoms with Crippen LogP contribution in [0.4, 0.5) is 0 Å². The Morgan fingerprint density at radius 1 is 1.46 bits per heavy atom. The molecule has 0 aromatic rings. The SMILES string of the molecule is COC(=O)C1CCC2(CCC2)C1=O. The van der Waals surface area contributed by atoms with Crippen LogP contribution in [0.3, 0.4) is 0 Å². The second kappa shape index (κ2) is 2.82. The Morgan fingerprint density at radius 2 is 2.15 bits per heavy atom. The molecule has 2 fully saturated rings. The van der Waals surface area contributed by atoms with Gasteiger partial charge in [-0.15, -0.1) is 0 Å². The standard InChI is InChI=1S/C10H14O3/c1-13-9(12)7-3-6-10(8(7)11)4-2-5-10/h7H,2-6H2,1H3. The van der Waals surface area contributed by atoms with Crippen LogP contribution in [0.1, 0.15) is 32.1 Å². The molecular weight excluding hydrogens is 168 g/mol. The Hall–Kier alpha value is -0.860. The molecule has 0 bridgehead atoms. The van der Waals surface area contributed by atoms with Crippen LogP contribution in [0.2, 0.25) is 0 Å². The van der Waals surface area contributed by atoms with Crippen molar-refractivity contribution in [2.24, 2.45) is 11.3 Å². The number of methoxy groups -OCH3 is 1. The molecule has 0 aromatic heterocycles. The van der Waals surface area contributed by atoms with Crippen molar-refractivity contribution in [2.45, 2.75) is 32.1 Å². The maximum Gasteiger partial charge on any atom is 0.316 e. The number of esters is 1. The summed E-state index contributed by atoms with van der Waals surface area (Å²) in [5.74, 6) is -0.648. The molecule has 3 heteroatoms. The summed E-state index contributed by atoms with van der Waals surface area (Å²) in [5, 5.41) is 0. The first-order valence-corrected chi connectivity index (χ1v) is 4.82. The molecule has 1 spiro atoms. The van der Waals surface area contributed by atoms with E-state index < -0.39 is 5.92 Å². The van der Waals surface area contributed by atoms with Crippen LogP contribution in [0.15, 0.2) is 0 Å². The van der Waals surface area contributed by atoms with Gasteiger partial charge in [-0.1, -0.05) is 6.42 Å². The molecular formula is C10H14O3. The van der Waals surface area contributed by atoms with E-state index in [0.717, 1.165) is 25.7 Å². The van der Waals surface area contributed by atoms with E-state index in [4.69, 9.17) is 0 Å². The highest BCUT2D eigenvalue weighted by atomic mass is 16.5. The summed E-state index contributed by atoms with van der Waals surface area (Å²) >= 11 is 0. The second-order valence-electron chi connectivity index (χ2n) is 4.11. The van der Waals surface area contributed by atoms with E-state index in [0.29, 0.717) is 6.42 Å². The largest absolute Gasteiger partial charge is 0.468 e. The third-order valence-corrected chi connectivity index (χ3v) is 3.55. The summed E-state index contributed by atoms with van der Waals surface area (Å²) in [6.45, 7) is 0. The molecule has 13 heavy (non-hydrogen) atoms. The molecule has 0 amide bonds. The van der Waals surface area contributed by atoms with Crippen molar-refractivity contribution in [3.8, 4) is 0 Å². The number of ether oxygens (including phenoxy) is 1. The van der Waals surface area contributed by atoms with Gasteiger partial charge in [0.25, 0.3) is 0 Å². The third kappa shape index (κ3) is 1.10. The van der Waals surface area contributed by atoms with Crippen LogP contribution >= 0.6 is 0 Å². The molecule has 1 unspecified atom stereocenters. The minimum Gasteiger partial charge on any atom is -0.468 e. The fourth-order valence-electron chi connectivity index (χ4n) is 2.51. The summed E-state index contributed by atoms with van der Waals surface area (Å²) in [7, 11) is 1.35. The van der Waals surface area contributed by atoms with Gasteiger partial charge in [-0.3, -0.25) is 9.59 Å². The molecule has 0 heterocycles. The normalized spacial score (nSPS) is 30.2. The molecule has 3 nitrogen and oxygen atoms in total. The molecule has 1 atom stereocenters. The number of rotatable bonds is 1. The minimum atomic E-state index is -0.453. The van der Waals surface area contributed by atoms with E-state index >= 15 is 0 Å². The smallest absolute Gasteiger partial charge is 0.316 e. The summed E-state index contributed by atoms with van der Waals surface area (Å²) in [4.78, 5) is 23.0. The van der Waals surface area contributed by atoms with E-state index in [9.17, 15) is 9.59 Å². The van der Waals surface area contributed by atoms with Gasteiger partial charge in [0.05, 0.1) is 7.11 Å². The Bertz CT molecular complexity index is 253. The fraction of sp³-hybridized carbons (Fsp3) is 0.800. The highest BCUT2D eigenvalue weighted by Gasteiger charge is 2.53. The molecule has 0 N–H and O–H groups in total. The van der Waals surface area contributed by atoms with Gasteiger partial charge in [0.2, 0.25) is 0 Å². The van der Waals surface area contributed by atoms with Crippen molar-refractivity contribution in [3.05, 3.63) is 0 Å². The van der Waals surface area contributed by atoms with Crippen molar-refractivity contribution < 1.29 is 14.3 Å². The second-order valence-corrected chi connectivity index (χ2v) is 4.11. The van der Waals surface area contributed by atoms with Crippen LogP contribution in [0.5, 0.6) is 0 Å². The van der Waals surface area contributed by atoms with E-state index in [1.54, 1.807) is 0 Å². The molecule has 2 aliphatic carbocycles. The maximum absolute atomic E-state index is 11.8. The average molecular weight is 182 g/mol. The van der Waals surface area contributed by atoms with Crippen molar-refractivity contribution in [3.63, 3.8) is 0 Å². The van der Waals surface area contributed by atoms with Crippen LogP contribution in [0, 0.1) is 11.3 Å². The Kier molecular flexibility index (Phi) is 1.90. The number of carbonyl (C=O) groups is 2. The predicted octanol–water partition coefficient (Wildman–Crippen LogP) is 1.31. The van der Waals surface area contributed by atoms with Crippen LogP contribution < -0.4 is 0 Å². The summed E-state index contributed by atoms with van der Waals surface area (Å²) < 4.78 is 4.61. The van der Waals surface area contributed by atoms with Crippen LogP contribution in [0.25, 0.3) is 0 Å². The number of ketones is 1. The first-order valence-electron chi connectivity index (χ1n) is 4.82. The van der Waals surface area contributed by atoms with Crippen molar-refractivity contribution in [2.75, 3.05) is 7.11 Å². The Balaban J connectivity index is 2.11. The van der Waals surface area contributed by atoms with E-state index in [1.807, 2.05) is 0 Å². The van der Waals surface area contributed by atoms with Gasteiger partial charge in [-0.25, -0.2) is 0 Å². The monoisotopic (exact) mass is 182 g/mol. The van der Waals surface area contributed by atoms with Gasteiger partial charge in [0.1, 0.15) is 5.92 Å². The van der Waals surface area contributed by atoms with Gasteiger partial charge in [0.15, 0.2) is 5.78 Å². The van der Waals surface area contributed by atoms with Gasteiger partial charge < -0.3 is 4.74 Å². The minimum absolute atomic E-state index is 0.112. The van der Waals surface area contributed by atoms with Crippen LogP contribution in [-0.4, -0.2) is 18.9 Å². The zero-order chi connectivity index (χ0) is 9.47. The molecule has 0 radical (unpaired) electrons. The first-order chi connectivity index (χ1) is 6.19. The number of carbonyl (C=O) groups excluding carboxylic acids is 2. The first kappa shape index (κ1) is 8.73. The molecule has 72 valence electrons. The number of Topliss-reactive ketones (excluding diaryl/α,β-unsaturated/α-hetero) is 1. The van der Waals surface area contributed by atoms with E-state index in [1.165, 1.54) is 7.11 Å². The predicted molar refractivity (Wildman–Crippen MR) is 46.0 cm³/mol. The Morgan fingerprint density at radius 3 is 2.54 bits per heavy atom. The molecule has 2 rings (SSSR count). The Labute approximate surface area is 77.4 Å². The molecule has 0 aliphatic heterocycles. The fourth-order valence-corrected chi connectivity index (χ4v) is 2.51. The lowest BCUT2D eigenvalue weighted by Crippen LogP contribution is -2.37. The molecule has 2 aliphatic rings. The number of hydrogen-bond donors (Lipinski definition) is 0. The van der Waals surface area contributed by atoms with E-state index in [2.05, 4.69) is 4.74 Å². The van der Waals surface area contributed by atoms with Gasteiger partial charge in [0, 0.05) is 5.41 Å². The molecule has 0 aromatic carbocycles. The van der Waals surface area contributed by atoms with Crippen molar-refractivity contribution in [1.29, 1.82) is 0 Å². The lowest BCUT2D eigenvalue weighted by molar-refractivity contribution is -0.150. The van der Waals surface area contributed by atoms with E-state index in [-0.39, 0.29) is 17.2 Å². The summed E-state index contributed by atoms with van der Waals surface area (Å²) in [6.07, 6.45) is 4.70. The van der Waals surface area contributed by atoms with Crippen molar-refractivity contribution >= 4 is 11.8 Å². The highest BCUT2D eigenvalue weighted by molar-refractivity contribution is 6.04. The van der Waals surface area contributed by atoms with Crippen LogP contribution in [-0.2, 0) is 14.3 Å². The summed E-state index contributed by atoms with van der Waals surface area (Å²) in [6, 6.07) is 0. The summed E-state index contributed by atoms with van der Waals surface area (Å²) in [5.41, 5.74) is -0.112.